The summed E-state index contributed by atoms with van der Waals surface area (Å²) < 4.78 is 0. The van der Waals surface area contributed by atoms with E-state index in [-0.39, 0.29) is 23.8 Å². The molecule has 172 valence electrons. The number of nitrogens with two attached hydrogens (primary N) is 1. The number of carbonyl (C=O) groups is 3. The predicted octanol–water partition coefficient (Wildman–Crippen LogP) is 2.93. The van der Waals surface area contributed by atoms with Gasteiger partial charge in [0.2, 0.25) is 11.8 Å². The van der Waals surface area contributed by atoms with Gasteiger partial charge in [0.1, 0.15) is 5.00 Å². The zero-order valence-corrected chi connectivity index (χ0v) is 19.8. The third-order valence-corrected chi connectivity index (χ3v) is 7.86. The average Bonchev–Trinajstić information content (AvgIpc) is 3.10. The summed E-state index contributed by atoms with van der Waals surface area (Å²) in [6, 6.07) is 0.183. The fourth-order valence-electron chi connectivity index (χ4n) is 4.29. The lowest BCUT2D eigenvalue weighted by molar-refractivity contribution is -0.127. The van der Waals surface area contributed by atoms with E-state index in [1.807, 2.05) is 6.92 Å². The molecular weight excluding hydrogens is 412 g/mol. The van der Waals surface area contributed by atoms with Crippen molar-refractivity contribution >= 4 is 34.1 Å². The number of fused-ring (bicyclic) bond motifs is 1. The Morgan fingerprint density at radius 1 is 1.13 bits per heavy atom. The van der Waals surface area contributed by atoms with Crippen LogP contribution in [0.25, 0.3) is 0 Å². The third kappa shape index (κ3) is 6.07. The number of hydrogen-bond acceptors (Lipinski definition) is 5. The van der Waals surface area contributed by atoms with Crippen LogP contribution in [-0.4, -0.2) is 48.3 Å². The Morgan fingerprint density at radius 3 is 2.45 bits per heavy atom. The molecule has 0 saturated carbocycles. The second kappa shape index (κ2) is 10.6. The first-order valence-corrected chi connectivity index (χ1v) is 12.3. The number of rotatable bonds is 8. The van der Waals surface area contributed by atoms with Gasteiger partial charge in [-0.1, -0.05) is 13.8 Å². The molecule has 1 aliphatic heterocycles. The summed E-state index contributed by atoms with van der Waals surface area (Å²) in [7, 11) is 0. The van der Waals surface area contributed by atoms with Gasteiger partial charge >= 0.3 is 0 Å². The molecule has 1 aliphatic carbocycles. The molecule has 3 rings (SSSR count). The van der Waals surface area contributed by atoms with Crippen LogP contribution in [0.4, 0.5) is 5.00 Å². The van der Waals surface area contributed by atoms with Gasteiger partial charge in [-0.25, -0.2) is 0 Å². The number of likely N-dealkylation sites (tertiary alicyclic amines) is 1. The van der Waals surface area contributed by atoms with E-state index in [1.54, 1.807) is 0 Å². The van der Waals surface area contributed by atoms with Crippen molar-refractivity contribution in [2.45, 2.75) is 71.8 Å². The minimum atomic E-state index is -0.457. The summed E-state index contributed by atoms with van der Waals surface area (Å²) in [6.45, 7) is 8.55. The molecule has 3 amide bonds. The van der Waals surface area contributed by atoms with Gasteiger partial charge in [-0.3, -0.25) is 14.4 Å². The number of nitrogens with zero attached hydrogens (tertiary/aromatic N) is 1. The number of aryl methyl sites for hydroxylation is 1. The van der Waals surface area contributed by atoms with Crippen LogP contribution >= 0.6 is 11.3 Å². The van der Waals surface area contributed by atoms with Crippen molar-refractivity contribution in [3.05, 3.63) is 16.0 Å². The second-order valence-corrected chi connectivity index (χ2v) is 10.3. The summed E-state index contributed by atoms with van der Waals surface area (Å²) in [5, 5.41) is 6.66. The summed E-state index contributed by atoms with van der Waals surface area (Å²) in [5.41, 5.74) is 7.15. The average molecular weight is 449 g/mol. The number of piperidine rings is 1. The van der Waals surface area contributed by atoms with E-state index in [0.29, 0.717) is 29.4 Å². The maximum Gasteiger partial charge on any atom is 0.251 e. The second-order valence-electron chi connectivity index (χ2n) is 9.23. The molecule has 0 aromatic carbocycles. The van der Waals surface area contributed by atoms with Gasteiger partial charge in [0.15, 0.2) is 0 Å². The Morgan fingerprint density at radius 2 is 1.81 bits per heavy atom. The highest BCUT2D eigenvalue weighted by atomic mass is 32.1. The quantitative estimate of drug-likeness (QED) is 0.569. The van der Waals surface area contributed by atoms with Crippen LogP contribution in [0.15, 0.2) is 0 Å². The van der Waals surface area contributed by atoms with Crippen LogP contribution in [0.2, 0.25) is 0 Å². The van der Waals surface area contributed by atoms with Crippen molar-refractivity contribution in [2.24, 2.45) is 17.6 Å². The topological polar surface area (TPSA) is 105 Å². The largest absolute Gasteiger partial charge is 0.365 e. The molecule has 0 radical (unpaired) electrons. The maximum atomic E-state index is 12.6. The molecule has 8 heteroatoms. The van der Waals surface area contributed by atoms with Crippen LogP contribution < -0.4 is 16.4 Å². The van der Waals surface area contributed by atoms with E-state index in [1.165, 1.54) is 16.2 Å². The van der Waals surface area contributed by atoms with Gasteiger partial charge in [-0.2, -0.15) is 0 Å². The lowest BCUT2D eigenvalue weighted by Gasteiger charge is -2.32. The number of nitrogens with one attached hydrogen (secondary N) is 2. The minimum Gasteiger partial charge on any atom is -0.365 e. The van der Waals surface area contributed by atoms with Crippen molar-refractivity contribution in [3.8, 4) is 0 Å². The first kappa shape index (κ1) is 23.7. The molecule has 1 atom stereocenters. The van der Waals surface area contributed by atoms with Gasteiger partial charge < -0.3 is 21.3 Å². The van der Waals surface area contributed by atoms with Gasteiger partial charge in [0.05, 0.1) is 5.56 Å². The molecule has 31 heavy (non-hydrogen) atoms. The summed E-state index contributed by atoms with van der Waals surface area (Å²) in [5.74, 6) is 0.0844. The van der Waals surface area contributed by atoms with E-state index in [9.17, 15) is 14.4 Å². The number of amides is 3. The highest BCUT2D eigenvalue weighted by molar-refractivity contribution is 7.17. The van der Waals surface area contributed by atoms with E-state index in [0.717, 1.165) is 57.2 Å². The molecule has 1 aromatic heterocycles. The van der Waals surface area contributed by atoms with E-state index >= 15 is 0 Å². The number of anilines is 1. The van der Waals surface area contributed by atoms with Gasteiger partial charge in [0, 0.05) is 29.8 Å². The van der Waals surface area contributed by atoms with Gasteiger partial charge in [-0.15, -0.1) is 11.3 Å². The lowest BCUT2D eigenvalue weighted by atomic mass is 9.94. The smallest absolute Gasteiger partial charge is 0.251 e. The fraction of sp³-hybridized carbons (Fsp3) is 0.696. The number of thiophene rings is 1. The van der Waals surface area contributed by atoms with Crippen LogP contribution in [0.1, 0.15) is 73.7 Å². The zero-order chi connectivity index (χ0) is 22.5. The Labute approximate surface area is 189 Å². The van der Waals surface area contributed by atoms with Crippen molar-refractivity contribution in [3.63, 3.8) is 0 Å². The van der Waals surface area contributed by atoms with E-state index in [4.69, 9.17) is 5.73 Å². The highest BCUT2D eigenvalue weighted by Crippen LogP contribution is 2.37. The predicted molar refractivity (Wildman–Crippen MR) is 124 cm³/mol. The van der Waals surface area contributed by atoms with Crippen molar-refractivity contribution < 1.29 is 14.4 Å². The van der Waals surface area contributed by atoms with Crippen LogP contribution in [0, 0.1) is 11.8 Å². The number of hydrogen-bond donors (Lipinski definition) is 3. The maximum absolute atomic E-state index is 12.6. The Kier molecular flexibility index (Phi) is 8.11. The Bertz CT molecular complexity index is 812. The summed E-state index contributed by atoms with van der Waals surface area (Å²) >= 11 is 1.50. The standard InChI is InChI=1S/C23H36N4O3S/c1-14(2)15(3)25-22(30)16-8-11-27(12-9-16)13-10-19(28)26-23-20(21(24)29)17-6-4-5-7-18(17)31-23/h14-16H,4-13H2,1-3H3,(H2,24,29)(H,25,30)(H,26,28). The molecular formula is C23H36N4O3S. The van der Waals surface area contributed by atoms with Crippen LogP contribution in [0.5, 0.6) is 0 Å². The Balaban J connectivity index is 1.46. The third-order valence-electron chi connectivity index (χ3n) is 6.65. The number of primary amides is 1. The molecule has 1 aromatic rings. The fourth-order valence-corrected chi connectivity index (χ4v) is 5.60. The molecule has 7 nitrogen and oxygen atoms in total. The molecule has 1 unspecified atom stereocenters. The number of carbonyl (C=O) groups excluding carboxylic acids is 3. The summed E-state index contributed by atoms with van der Waals surface area (Å²) in [6.07, 6.45) is 5.99. The summed E-state index contributed by atoms with van der Waals surface area (Å²) in [4.78, 5) is 40.4. The SMILES string of the molecule is CC(C)C(C)NC(=O)C1CCN(CCC(=O)Nc2sc3c(c2C(N)=O)CCCC3)CC1. The molecule has 1 saturated heterocycles. The molecule has 2 heterocycles. The van der Waals surface area contributed by atoms with Crippen molar-refractivity contribution in [2.75, 3.05) is 25.0 Å². The van der Waals surface area contributed by atoms with Crippen LogP contribution in [0.3, 0.4) is 0 Å². The minimum absolute atomic E-state index is 0.0573. The lowest BCUT2D eigenvalue weighted by Crippen LogP contribution is -2.44. The van der Waals surface area contributed by atoms with Gasteiger partial charge in [0.25, 0.3) is 5.91 Å². The van der Waals surface area contributed by atoms with Crippen LogP contribution in [-0.2, 0) is 22.4 Å². The molecule has 0 spiro atoms. The first-order chi connectivity index (χ1) is 14.8. The molecule has 1 fully saturated rings. The zero-order valence-electron chi connectivity index (χ0n) is 19.0. The normalized spacial score (nSPS) is 18.5. The van der Waals surface area contributed by atoms with E-state index < -0.39 is 5.91 Å². The monoisotopic (exact) mass is 448 g/mol. The van der Waals surface area contributed by atoms with Crippen molar-refractivity contribution in [1.29, 1.82) is 0 Å². The van der Waals surface area contributed by atoms with Gasteiger partial charge in [-0.05, 0) is 70.0 Å². The van der Waals surface area contributed by atoms with E-state index in [2.05, 4.69) is 29.4 Å². The first-order valence-electron chi connectivity index (χ1n) is 11.5. The molecule has 0 bridgehead atoms. The molecule has 4 N–H and O–H groups in total. The highest BCUT2D eigenvalue weighted by Gasteiger charge is 2.27. The Hall–Kier alpha value is -1.93. The van der Waals surface area contributed by atoms with Crippen molar-refractivity contribution in [1.82, 2.24) is 10.2 Å². The molecule has 2 aliphatic rings.